The minimum Gasteiger partial charge on any atom is -0.393 e. The first kappa shape index (κ1) is 21.8. The zero-order valence-corrected chi connectivity index (χ0v) is 18.3. The van der Waals surface area contributed by atoms with Gasteiger partial charge in [-0.25, -0.2) is 0 Å². The molecule has 0 aliphatic carbocycles. The lowest BCUT2D eigenvalue weighted by Crippen LogP contribution is -2.05. The Morgan fingerprint density at radius 1 is 0.966 bits per heavy atom. The maximum Gasteiger partial charge on any atom is 0.0687 e. The Hall–Kier alpha value is -1.94. The number of rotatable bonds is 10. The van der Waals surface area contributed by atoms with E-state index >= 15 is 0 Å². The highest BCUT2D eigenvalue weighted by molar-refractivity contribution is 7.13. The molecule has 0 spiro atoms. The molecule has 0 fully saturated rings. The summed E-state index contributed by atoms with van der Waals surface area (Å²) >= 11 is 1.82. The van der Waals surface area contributed by atoms with E-state index < -0.39 is 0 Å². The summed E-state index contributed by atoms with van der Waals surface area (Å²) in [7, 11) is 0. The zero-order chi connectivity index (χ0) is 20.6. The third-order valence-electron chi connectivity index (χ3n) is 5.52. The van der Waals surface area contributed by atoms with E-state index in [1.54, 1.807) is 0 Å². The number of hydrogen-bond donors (Lipinski definition) is 2. The minimum atomic E-state index is -0.197. The van der Waals surface area contributed by atoms with E-state index in [0.29, 0.717) is 0 Å². The fourth-order valence-corrected chi connectivity index (χ4v) is 4.56. The van der Waals surface area contributed by atoms with Crippen LogP contribution < -0.4 is 0 Å². The number of aliphatic hydroxyl groups is 2. The summed E-state index contributed by atoms with van der Waals surface area (Å²) < 4.78 is 0. The van der Waals surface area contributed by atoms with Crippen molar-refractivity contribution in [3.05, 3.63) is 81.7 Å². The predicted octanol–water partition coefficient (Wildman–Crippen LogP) is 5.76. The van der Waals surface area contributed by atoms with Crippen molar-refractivity contribution in [3.63, 3.8) is 0 Å². The van der Waals surface area contributed by atoms with E-state index in [0.717, 1.165) is 44.1 Å². The predicted molar refractivity (Wildman–Crippen MR) is 122 cm³/mol. The second-order valence-corrected chi connectivity index (χ2v) is 8.56. The molecule has 1 aromatic heterocycles. The van der Waals surface area contributed by atoms with Crippen molar-refractivity contribution in [1.82, 2.24) is 0 Å². The van der Waals surface area contributed by atoms with Crippen LogP contribution in [0.15, 0.2) is 47.8 Å². The van der Waals surface area contributed by atoms with Crippen molar-refractivity contribution in [2.75, 3.05) is 0 Å². The first-order chi connectivity index (χ1) is 14.1. The van der Waals surface area contributed by atoms with Crippen LogP contribution in [0.4, 0.5) is 0 Å². The Kier molecular flexibility index (Phi) is 8.05. The first-order valence-corrected chi connectivity index (χ1v) is 11.5. The van der Waals surface area contributed by atoms with E-state index in [1.165, 1.54) is 32.7 Å². The lowest BCUT2D eigenvalue weighted by Gasteiger charge is -2.11. The summed E-state index contributed by atoms with van der Waals surface area (Å²) in [4.78, 5) is 1.33. The van der Waals surface area contributed by atoms with Crippen molar-refractivity contribution in [1.29, 1.82) is 0 Å². The first-order valence-electron chi connectivity index (χ1n) is 10.6. The summed E-state index contributed by atoms with van der Waals surface area (Å²) in [6, 6.07) is 18.3. The highest BCUT2D eigenvalue weighted by Crippen LogP contribution is 2.32. The van der Waals surface area contributed by atoms with Crippen LogP contribution in [0.1, 0.15) is 54.5 Å². The lowest BCUT2D eigenvalue weighted by molar-refractivity contribution is 0.160. The number of benzene rings is 2. The van der Waals surface area contributed by atoms with Crippen molar-refractivity contribution in [2.24, 2.45) is 0 Å². The van der Waals surface area contributed by atoms with Gasteiger partial charge in [0, 0.05) is 4.88 Å². The fraction of sp³-hybridized carbons (Fsp3) is 0.385. The van der Waals surface area contributed by atoms with Crippen LogP contribution in [0.5, 0.6) is 0 Å². The SMILES string of the molecule is CCc1cc(CCC(O)CC)ccc1-c1cc(CCc2c[c]c(CO)cc2)cs1. The molecule has 0 aliphatic rings. The Balaban J connectivity index is 1.66. The summed E-state index contributed by atoms with van der Waals surface area (Å²) in [6.07, 6.45) is 5.40. The van der Waals surface area contributed by atoms with Crippen molar-refractivity contribution in [3.8, 4) is 10.4 Å². The number of thiophene rings is 1. The van der Waals surface area contributed by atoms with E-state index in [-0.39, 0.29) is 12.7 Å². The maximum absolute atomic E-state index is 9.83. The molecule has 3 heteroatoms. The van der Waals surface area contributed by atoms with Gasteiger partial charge in [-0.2, -0.15) is 0 Å². The molecule has 1 heterocycles. The van der Waals surface area contributed by atoms with Gasteiger partial charge in [0.25, 0.3) is 0 Å². The molecule has 3 rings (SSSR count). The van der Waals surface area contributed by atoms with E-state index in [9.17, 15) is 5.11 Å². The van der Waals surface area contributed by atoms with Crippen molar-refractivity contribution < 1.29 is 10.2 Å². The third kappa shape index (κ3) is 6.02. The summed E-state index contributed by atoms with van der Waals surface area (Å²) in [5.74, 6) is 0. The van der Waals surface area contributed by atoms with Crippen LogP contribution in [0.25, 0.3) is 10.4 Å². The molecule has 29 heavy (non-hydrogen) atoms. The Morgan fingerprint density at radius 2 is 1.76 bits per heavy atom. The highest BCUT2D eigenvalue weighted by Gasteiger charge is 2.10. The van der Waals surface area contributed by atoms with Crippen molar-refractivity contribution >= 4 is 11.3 Å². The average Bonchev–Trinajstić information content (AvgIpc) is 3.24. The Bertz CT molecular complexity index is 895. The molecule has 3 aromatic rings. The molecule has 0 aliphatic heterocycles. The van der Waals surface area contributed by atoms with E-state index in [1.807, 2.05) is 30.4 Å². The summed E-state index contributed by atoms with van der Waals surface area (Å²) in [5, 5.41) is 21.2. The molecular formula is C26H31O2S. The zero-order valence-electron chi connectivity index (χ0n) is 17.4. The molecular weight excluding hydrogens is 376 g/mol. The molecule has 1 atom stereocenters. The molecule has 1 unspecified atom stereocenters. The van der Waals surface area contributed by atoms with Crippen LogP contribution in [-0.4, -0.2) is 16.3 Å². The minimum absolute atomic E-state index is 0.0475. The van der Waals surface area contributed by atoms with Gasteiger partial charge in [-0.1, -0.05) is 50.2 Å². The van der Waals surface area contributed by atoms with E-state index in [2.05, 4.69) is 48.7 Å². The lowest BCUT2D eigenvalue weighted by atomic mass is 9.97. The Morgan fingerprint density at radius 3 is 2.45 bits per heavy atom. The van der Waals surface area contributed by atoms with Gasteiger partial charge in [0.15, 0.2) is 0 Å². The number of aryl methyl sites for hydroxylation is 4. The average molecular weight is 408 g/mol. The summed E-state index contributed by atoms with van der Waals surface area (Å²) in [5.41, 5.74) is 7.50. The smallest absolute Gasteiger partial charge is 0.0687 e. The normalized spacial score (nSPS) is 12.3. The number of hydrogen-bond acceptors (Lipinski definition) is 3. The summed E-state index contributed by atoms with van der Waals surface area (Å²) in [6.45, 7) is 4.29. The van der Waals surface area contributed by atoms with Crippen LogP contribution in [0.2, 0.25) is 0 Å². The van der Waals surface area contributed by atoms with Gasteiger partial charge in [-0.15, -0.1) is 11.3 Å². The van der Waals surface area contributed by atoms with Crippen molar-refractivity contribution in [2.45, 2.75) is 65.1 Å². The quantitative estimate of drug-likeness (QED) is 0.449. The van der Waals surface area contributed by atoms with E-state index in [4.69, 9.17) is 5.11 Å². The van der Waals surface area contributed by atoms with Gasteiger partial charge in [0.1, 0.15) is 0 Å². The topological polar surface area (TPSA) is 40.5 Å². The molecule has 153 valence electrons. The Labute approximate surface area is 178 Å². The molecule has 2 nitrogen and oxygen atoms in total. The van der Waals surface area contributed by atoms with Gasteiger partial charge in [-0.05, 0) is 89.4 Å². The van der Waals surface area contributed by atoms with Gasteiger partial charge in [-0.3, -0.25) is 0 Å². The monoisotopic (exact) mass is 407 g/mol. The molecule has 0 saturated heterocycles. The third-order valence-corrected chi connectivity index (χ3v) is 6.53. The van der Waals surface area contributed by atoms with Crippen LogP contribution in [0.3, 0.4) is 0 Å². The van der Waals surface area contributed by atoms with Crippen LogP contribution in [-0.2, 0) is 32.3 Å². The second kappa shape index (κ2) is 10.7. The standard InChI is InChI=1S/C26H31O2S/c1-3-23-15-20(11-13-24(28)4-2)12-14-25(23)26-16-22(18-29-26)10-7-19-5-8-21(17-27)9-6-19/h5-6,8,12,14-16,18,24,27-28H,3-4,7,10-11,13,17H2,1-2H3. The molecule has 0 amide bonds. The largest absolute Gasteiger partial charge is 0.393 e. The number of aliphatic hydroxyl groups excluding tert-OH is 2. The van der Waals surface area contributed by atoms with Gasteiger partial charge in [0.2, 0.25) is 0 Å². The van der Waals surface area contributed by atoms with Gasteiger partial charge >= 0.3 is 0 Å². The highest BCUT2D eigenvalue weighted by atomic mass is 32.1. The van der Waals surface area contributed by atoms with Gasteiger partial charge in [0.05, 0.1) is 12.7 Å². The van der Waals surface area contributed by atoms with Crippen LogP contribution in [0, 0.1) is 6.07 Å². The second-order valence-electron chi connectivity index (χ2n) is 7.65. The van der Waals surface area contributed by atoms with Crippen LogP contribution >= 0.6 is 11.3 Å². The molecule has 2 N–H and O–H groups in total. The molecule has 0 saturated carbocycles. The molecule has 2 aromatic carbocycles. The maximum atomic E-state index is 9.83. The molecule has 1 radical (unpaired) electrons. The van der Waals surface area contributed by atoms with Gasteiger partial charge < -0.3 is 10.2 Å². The fourth-order valence-electron chi connectivity index (χ4n) is 3.55. The molecule has 0 bridgehead atoms.